The van der Waals surface area contributed by atoms with E-state index in [2.05, 4.69) is 4.90 Å². The Kier molecular flexibility index (Phi) is 3.54. The van der Waals surface area contributed by atoms with Crippen LogP contribution in [0.4, 0.5) is 5.69 Å². The molecule has 0 amide bonds. The van der Waals surface area contributed by atoms with Gasteiger partial charge in [0.25, 0.3) is 0 Å². The number of nitrogens with two attached hydrogens (primary N) is 1. The molecule has 0 saturated carbocycles. The van der Waals surface area contributed by atoms with Crippen LogP contribution in [0, 0.1) is 0 Å². The number of hydrogen-bond acceptors (Lipinski definition) is 4. The fourth-order valence-electron chi connectivity index (χ4n) is 2.04. The maximum atomic E-state index is 10.1. The summed E-state index contributed by atoms with van der Waals surface area (Å²) in [5.41, 5.74) is 5.75. The van der Waals surface area contributed by atoms with Crippen molar-refractivity contribution in [1.29, 1.82) is 0 Å². The maximum Gasteiger partial charge on any atom is 0.142 e. The number of nitrogens with zero attached hydrogens (tertiary/aromatic N) is 1. The molecule has 0 fully saturated rings. The second kappa shape index (κ2) is 4.94. The Hall–Kier alpha value is -1.26. The van der Waals surface area contributed by atoms with Crippen molar-refractivity contribution in [1.82, 2.24) is 0 Å². The molecule has 1 heterocycles. The Labute approximate surface area is 102 Å². The Balaban J connectivity index is 2.23. The summed E-state index contributed by atoms with van der Waals surface area (Å²) in [6.07, 6.45) is 0.954. The second-order valence-corrected chi connectivity index (χ2v) is 4.79. The summed E-state index contributed by atoms with van der Waals surface area (Å²) in [6.45, 7) is 4.16. The van der Waals surface area contributed by atoms with Gasteiger partial charge in [0.05, 0.1) is 17.9 Å². The average molecular weight is 236 g/mol. The zero-order valence-electron chi connectivity index (χ0n) is 10.2. The zero-order valence-corrected chi connectivity index (χ0v) is 10.2. The van der Waals surface area contributed by atoms with Gasteiger partial charge in [-0.3, -0.25) is 0 Å². The summed E-state index contributed by atoms with van der Waals surface area (Å²) in [7, 11) is 0. The van der Waals surface area contributed by atoms with Gasteiger partial charge in [0.15, 0.2) is 0 Å². The molecule has 17 heavy (non-hydrogen) atoms. The fourth-order valence-corrected chi connectivity index (χ4v) is 2.04. The van der Waals surface area contributed by atoms with Crippen molar-refractivity contribution in [3.8, 4) is 5.75 Å². The number of fused-ring (bicyclic) bond motifs is 1. The molecule has 1 aliphatic rings. The first-order valence-electron chi connectivity index (χ1n) is 6.02. The predicted octanol–water partition coefficient (Wildman–Crippen LogP) is 0.985. The summed E-state index contributed by atoms with van der Waals surface area (Å²) in [5, 5.41) is 10.1. The first-order chi connectivity index (χ1) is 8.12. The van der Waals surface area contributed by atoms with E-state index < -0.39 is 5.60 Å². The molecular formula is C13H20N2O2. The molecule has 1 aromatic carbocycles. The molecule has 0 aliphatic carbocycles. The van der Waals surface area contributed by atoms with Gasteiger partial charge in [0.2, 0.25) is 0 Å². The molecule has 1 aliphatic heterocycles. The average Bonchev–Trinajstić information content (AvgIpc) is 2.52. The highest BCUT2D eigenvalue weighted by atomic mass is 16.5. The molecule has 1 aromatic rings. The molecule has 0 spiro atoms. The van der Waals surface area contributed by atoms with E-state index in [1.807, 2.05) is 24.3 Å². The van der Waals surface area contributed by atoms with Crippen LogP contribution in [0.3, 0.4) is 0 Å². The van der Waals surface area contributed by atoms with Crippen LogP contribution in [0.2, 0.25) is 0 Å². The number of hydrogen-bond donors (Lipinski definition) is 2. The van der Waals surface area contributed by atoms with Crippen LogP contribution in [0.5, 0.6) is 5.75 Å². The number of β-amino-alcohol motifs (C(OH)–C–C–N with tert-alkyl or cyclic N) is 1. The zero-order chi connectivity index (χ0) is 12.3. The van der Waals surface area contributed by atoms with Crippen LogP contribution >= 0.6 is 0 Å². The van der Waals surface area contributed by atoms with Gasteiger partial charge < -0.3 is 20.5 Å². The number of rotatable bonds is 3. The van der Waals surface area contributed by atoms with Gasteiger partial charge in [-0.25, -0.2) is 0 Å². The number of para-hydroxylation sites is 2. The van der Waals surface area contributed by atoms with Crippen molar-refractivity contribution in [3.63, 3.8) is 0 Å². The maximum absolute atomic E-state index is 10.1. The van der Waals surface area contributed by atoms with Crippen molar-refractivity contribution in [2.75, 3.05) is 31.1 Å². The molecule has 0 radical (unpaired) electrons. The summed E-state index contributed by atoms with van der Waals surface area (Å²) >= 11 is 0. The molecular weight excluding hydrogens is 216 g/mol. The normalized spacial score (nSPS) is 18.9. The molecule has 4 heteroatoms. The first-order valence-corrected chi connectivity index (χ1v) is 6.02. The Bertz CT molecular complexity index is 379. The van der Waals surface area contributed by atoms with Gasteiger partial charge in [-0.15, -0.1) is 0 Å². The molecule has 0 bridgehead atoms. The van der Waals surface area contributed by atoms with Crippen LogP contribution in [-0.2, 0) is 0 Å². The Morgan fingerprint density at radius 1 is 1.47 bits per heavy atom. The number of benzene rings is 1. The standard InChI is InChI=1S/C13H20N2O2/c1-13(16,9-14)10-15-7-4-8-17-12-6-3-2-5-11(12)15/h2-3,5-6,16H,4,7-10,14H2,1H3. The van der Waals surface area contributed by atoms with Crippen LogP contribution in [0.25, 0.3) is 0 Å². The van der Waals surface area contributed by atoms with Crippen LogP contribution in [0.15, 0.2) is 24.3 Å². The molecule has 3 N–H and O–H groups in total. The highest BCUT2D eigenvalue weighted by Gasteiger charge is 2.25. The summed E-state index contributed by atoms with van der Waals surface area (Å²) in [6, 6.07) is 7.93. The van der Waals surface area contributed by atoms with Gasteiger partial charge >= 0.3 is 0 Å². The van der Waals surface area contributed by atoms with E-state index in [0.29, 0.717) is 6.54 Å². The first kappa shape index (κ1) is 12.2. The fraction of sp³-hybridized carbons (Fsp3) is 0.538. The quantitative estimate of drug-likeness (QED) is 0.821. The van der Waals surface area contributed by atoms with E-state index in [9.17, 15) is 5.11 Å². The monoisotopic (exact) mass is 236 g/mol. The second-order valence-electron chi connectivity index (χ2n) is 4.79. The van der Waals surface area contributed by atoms with E-state index in [1.54, 1.807) is 6.92 Å². The lowest BCUT2D eigenvalue weighted by Crippen LogP contribution is -2.46. The molecule has 0 saturated heterocycles. The third kappa shape index (κ3) is 2.90. The highest BCUT2D eigenvalue weighted by Crippen LogP contribution is 2.31. The van der Waals surface area contributed by atoms with Crippen molar-refractivity contribution in [3.05, 3.63) is 24.3 Å². The predicted molar refractivity (Wildman–Crippen MR) is 68.4 cm³/mol. The molecule has 4 nitrogen and oxygen atoms in total. The van der Waals surface area contributed by atoms with Crippen molar-refractivity contribution < 1.29 is 9.84 Å². The summed E-state index contributed by atoms with van der Waals surface area (Å²) in [4.78, 5) is 2.15. The SMILES string of the molecule is CC(O)(CN)CN1CCCOc2ccccc21. The Morgan fingerprint density at radius 2 is 2.24 bits per heavy atom. The van der Waals surface area contributed by atoms with E-state index in [1.165, 1.54) is 0 Å². The smallest absolute Gasteiger partial charge is 0.142 e. The summed E-state index contributed by atoms with van der Waals surface area (Å²) < 4.78 is 5.67. The van der Waals surface area contributed by atoms with E-state index in [-0.39, 0.29) is 6.54 Å². The van der Waals surface area contributed by atoms with Crippen LogP contribution in [-0.4, -0.2) is 36.9 Å². The van der Waals surface area contributed by atoms with Gasteiger partial charge in [-0.05, 0) is 25.5 Å². The van der Waals surface area contributed by atoms with E-state index in [0.717, 1.165) is 31.0 Å². The molecule has 2 rings (SSSR count). The molecule has 94 valence electrons. The van der Waals surface area contributed by atoms with Gasteiger partial charge in [-0.1, -0.05) is 12.1 Å². The highest BCUT2D eigenvalue weighted by molar-refractivity contribution is 5.59. The number of aliphatic hydroxyl groups is 1. The van der Waals surface area contributed by atoms with Gasteiger partial charge in [-0.2, -0.15) is 0 Å². The van der Waals surface area contributed by atoms with Crippen LogP contribution < -0.4 is 15.4 Å². The lowest BCUT2D eigenvalue weighted by Gasteiger charge is -2.31. The lowest BCUT2D eigenvalue weighted by atomic mass is 10.1. The minimum atomic E-state index is -0.864. The van der Waals surface area contributed by atoms with E-state index in [4.69, 9.17) is 10.5 Å². The number of anilines is 1. The molecule has 1 unspecified atom stereocenters. The third-order valence-corrected chi connectivity index (χ3v) is 3.01. The van der Waals surface area contributed by atoms with Crippen molar-refractivity contribution in [2.24, 2.45) is 5.73 Å². The third-order valence-electron chi connectivity index (χ3n) is 3.01. The van der Waals surface area contributed by atoms with E-state index >= 15 is 0 Å². The van der Waals surface area contributed by atoms with Crippen molar-refractivity contribution >= 4 is 5.69 Å². The minimum absolute atomic E-state index is 0.256. The largest absolute Gasteiger partial charge is 0.491 e. The lowest BCUT2D eigenvalue weighted by molar-refractivity contribution is 0.0761. The van der Waals surface area contributed by atoms with Gasteiger partial charge in [0, 0.05) is 19.6 Å². The molecule has 0 aromatic heterocycles. The Morgan fingerprint density at radius 3 is 3.00 bits per heavy atom. The number of ether oxygens (including phenoxy) is 1. The summed E-state index contributed by atoms with van der Waals surface area (Å²) in [5.74, 6) is 0.887. The van der Waals surface area contributed by atoms with Gasteiger partial charge in [0.1, 0.15) is 5.75 Å². The minimum Gasteiger partial charge on any atom is -0.491 e. The van der Waals surface area contributed by atoms with Crippen LogP contribution in [0.1, 0.15) is 13.3 Å². The van der Waals surface area contributed by atoms with Crippen molar-refractivity contribution in [2.45, 2.75) is 18.9 Å². The molecule has 1 atom stereocenters. The topological polar surface area (TPSA) is 58.7 Å².